The third kappa shape index (κ3) is 3.52. The van der Waals surface area contributed by atoms with E-state index in [1.807, 2.05) is 6.20 Å². The minimum absolute atomic E-state index is 0.327. The predicted molar refractivity (Wildman–Crippen MR) is 86.7 cm³/mol. The van der Waals surface area contributed by atoms with Gasteiger partial charge in [-0.1, -0.05) is 19.8 Å². The summed E-state index contributed by atoms with van der Waals surface area (Å²) in [5.41, 5.74) is 1.18. The minimum Gasteiger partial charge on any atom is -0.309 e. The van der Waals surface area contributed by atoms with Crippen molar-refractivity contribution in [3.05, 3.63) is 34.0 Å². The molecule has 114 valence electrons. The van der Waals surface area contributed by atoms with Crippen LogP contribution in [0.5, 0.6) is 0 Å². The van der Waals surface area contributed by atoms with Gasteiger partial charge in [-0.3, -0.25) is 4.68 Å². The molecule has 1 saturated carbocycles. The van der Waals surface area contributed by atoms with Crippen LogP contribution < -0.4 is 5.32 Å². The van der Waals surface area contributed by atoms with Gasteiger partial charge < -0.3 is 5.32 Å². The van der Waals surface area contributed by atoms with Crippen molar-refractivity contribution in [1.29, 1.82) is 0 Å². The molecule has 0 spiro atoms. The van der Waals surface area contributed by atoms with Gasteiger partial charge in [-0.25, -0.2) is 4.98 Å². The van der Waals surface area contributed by atoms with E-state index in [1.165, 1.54) is 36.3 Å². The van der Waals surface area contributed by atoms with Crippen molar-refractivity contribution in [2.75, 3.05) is 6.54 Å². The number of thiazole rings is 1. The Morgan fingerprint density at radius 2 is 2.24 bits per heavy atom. The normalized spacial score (nSPS) is 17.4. The van der Waals surface area contributed by atoms with Gasteiger partial charge in [0.05, 0.1) is 16.7 Å². The van der Waals surface area contributed by atoms with Crippen molar-refractivity contribution in [3.63, 3.8) is 0 Å². The van der Waals surface area contributed by atoms with Crippen LogP contribution in [0.4, 0.5) is 0 Å². The quantitative estimate of drug-likeness (QED) is 0.885. The fourth-order valence-corrected chi connectivity index (χ4v) is 3.99. The molecular formula is C16H24N4S. The van der Waals surface area contributed by atoms with Gasteiger partial charge in [0.1, 0.15) is 0 Å². The minimum atomic E-state index is 0.327. The Morgan fingerprint density at radius 1 is 1.43 bits per heavy atom. The number of aromatic nitrogens is 3. The molecule has 2 aromatic rings. The van der Waals surface area contributed by atoms with Gasteiger partial charge in [0.15, 0.2) is 0 Å². The van der Waals surface area contributed by atoms with Gasteiger partial charge in [0.25, 0.3) is 0 Å². The van der Waals surface area contributed by atoms with Crippen LogP contribution in [0.3, 0.4) is 0 Å². The number of hydrogen-bond donors (Lipinski definition) is 1. The van der Waals surface area contributed by atoms with E-state index < -0.39 is 0 Å². The number of aryl methyl sites for hydroxylation is 1. The van der Waals surface area contributed by atoms with Crippen molar-refractivity contribution in [3.8, 4) is 0 Å². The first-order valence-corrected chi connectivity index (χ1v) is 8.77. The maximum Gasteiger partial charge on any atom is 0.0897 e. The summed E-state index contributed by atoms with van der Waals surface area (Å²) in [6.45, 7) is 5.18. The molecule has 3 rings (SSSR count). The van der Waals surface area contributed by atoms with Crippen molar-refractivity contribution < 1.29 is 0 Å². The summed E-state index contributed by atoms with van der Waals surface area (Å²) in [6, 6.07) is 3.13. The first-order valence-electron chi connectivity index (χ1n) is 7.96. The average Bonchev–Trinajstić information content (AvgIpc) is 3.18. The second-order valence-corrected chi connectivity index (χ2v) is 7.09. The standard InChI is InChI=1S/C16H24N4S/c1-3-17-15(16-11-18-12(2)21-16)10-13-8-9-20(19-13)14-6-4-5-7-14/h8-9,11,14-15,17H,3-7,10H2,1-2H3. The van der Waals surface area contributed by atoms with Crippen LogP contribution in [0.1, 0.15) is 60.3 Å². The molecule has 4 nitrogen and oxygen atoms in total. The van der Waals surface area contributed by atoms with Gasteiger partial charge in [-0.2, -0.15) is 5.10 Å². The highest BCUT2D eigenvalue weighted by Crippen LogP contribution is 2.29. The summed E-state index contributed by atoms with van der Waals surface area (Å²) >= 11 is 1.78. The molecule has 0 saturated heterocycles. The molecule has 0 aliphatic heterocycles. The number of rotatable bonds is 6. The average molecular weight is 304 g/mol. The molecule has 0 aromatic carbocycles. The van der Waals surface area contributed by atoms with E-state index in [4.69, 9.17) is 5.10 Å². The highest BCUT2D eigenvalue weighted by molar-refractivity contribution is 7.11. The zero-order valence-corrected chi connectivity index (χ0v) is 13.7. The summed E-state index contributed by atoms with van der Waals surface area (Å²) < 4.78 is 2.18. The molecular weight excluding hydrogens is 280 g/mol. The van der Waals surface area contributed by atoms with Gasteiger partial charge >= 0.3 is 0 Å². The molecule has 1 aliphatic rings. The first-order chi connectivity index (χ1) is 10.3. The fraction of sp³-hybridized carbons (Fsp3) is 0.625. The van der Waals surface area contributed by atoms with Gasteiger partial charge in [0.2, 0.25) is 0 Å². The van der Waals surface area contributed by atoms with Crippen LogP contribution in [-0.4, -0.2) is 21.3 Å². The van der Waals surface area contributed by atoms with E-state index in [9.17, 15) is 0 Å². The lowest BCUT2D eigenvalue weighted by molar-refractivity contribution is 0.458. The van der Waals surface area contributed by atoms with Crippen LogP contribution in [0.2, 0.25) is 0 Å². The smallest absolute Gasteiger partial charge is 0.0897 e. The van der Waals surface area contributed by atoms with E-state index in [2.05, 4.69) is 41.1 Å². The van der Waals surface area contributed by atoms with Gasteiger partial charge in [0, 0.05) is 29.7 Å². The summed E-state index contributed by atoms with van der Waals surface area (Å²) in [4.78, 5) is 5.69. The van der Waals surface area contributed by atoms with Crippen molar-refractivity contribution in [2.45, 2.75) is 58.0 Å². The zero-order valence-electron chi connectivity index (χ0n) is 12.9. The first kappa shape index (κ1) is 14.7. The van der Waals surface area contributed by atoms with Gasteiger partial charge in [-0.15, -0.1) is 11.3 Å². The number of nitrogens with one attached hydrogen (secondary N) is 1. The molecule has 0 amide bonds. The Kier molecular flexibility index (Phi) is 4.70. The number of likely N-dealkylation sites (N-methyl/N-ethyl adjacent to an activating group) is 1. The summed E-state index contributed by atoms with van der Waals surface area (Å²) in [5.74, 6) is 0. The molecule has 2 heterocycles. The van der Waals surface area contributed by atoms with Crippen LogP contribution in [0.15, 0.2) is 18.5 Å². The molecule has 2 aromatic heterocycles. The second kappa shape index (κ2) is 6.71. The molecule has 1 aliphatic carbocycles. The Bertz CT molecular complexity index is 568. The molecule has 1 unspecified atom stereocenters. The summed E-state index contributed by atoms with van der Waals surface area (Å²) in [5, 5.41) is 9.50. The monoisotopic (exact) mass is 304 g/mol. The molecule has 0 radical (unpaired) electrons. The maximum absolute atomic E-state index is 4.81. The van der Waals surface area contributed by atoms with Crippen LogP contribution in [0.25, 0.3) is 0 Å². The SMILES string of the molecule is CCNC(Cc1ccn(C2CCCC2)n1)c1cnc(C)s1. The predicted octanol–water partition coefficient (Wildman–Crippen LogP) is 3.66. The Labute approximate surface area is 130 Å². The topological polar surface area (TPSA) is 42.7 Å². The third-order valence-corrected chi connectivity index (χ3v) is 5.24. The summed E-state index contributed by atoms with van der Waals surface area (Å²) in [7, 11) is 0. The number of hydrogen-bond acceptors (Lipinski definition) is 4. The van der Waals surface area contributed by atoms with Crippen LogP contribution in [-0.2, 0) is 6.42 Å². The molecule has 21 heavy (non-hydrogen) atoms. The van der Waals surface area contributed by atoms with Crippen molar-refractivity contribution >= 4 is 11.3 Å². The highest BCUT2D eigenvalue weighted by atomic mass is 32.1. The number of nitrogens with zero attached hydrogens (tertiary/aromatic N) is 3. The lowest BCUT2D eigenvalue weighted by Crippen LogP contribution is -2.22. The van der Waals surface area contributed by atoms with Gasteiger partial charge in [-0.05, 0) is 32.4 Å². The van der Waals surface area contributed by atoms with Crippen LogP contribution >= 0.6 is 11.3 Å². The van der Waals surface area contributed by atoms with Crippen molar-refractivity contribution in [1.82, 2.24) is 20.1 Å². The lowest BCUT2D eigenvalue weighted by Gasteiger charge is -2.15. The summed E-state index contributed by atoms with van der Waals surface area (Å²) in [6.07, 6.45) is 10.4. The maximum atomic E-state index is 4.81. The van der Waals surface area contributed by atoms with E-state index >= 15 is 0 Å². The third-order valence-electron chi connectivity index (χ3n) is 4.21. The Hall–Kier alpha value is -1.20. The fourth-order valence-electron chi connectivity index (χ4n) is 3.13. The van der Waals surface area contributed by atoms with E-state index in [0.29, 0.717) is 12.1 Å². The second-order valence-electron chi connectivity index (χ2n) is 5.82. The van der Waals surface area contributed by atoms with Crippen LogP contribution in [0, 0.1) is 6.92 Å². The largest absolute Gasteiger partial charge is 0.309 e. The van der Waals surface area contributed by atoms with E-state index in [0.717, 1.165) is 18.0 Å². The lowest BCUT2D eigenvalue weighted by atomic mass is 10.1. The Morgan fingerprint density at radius 3 is 2.90 bits per heavy atom. The molecule has 0 bridgehead atoms. The molecule has 1 N–H and O–H groups in total. The van der Waals surface area contributed by atoms with E-state index in [1.54, 1.807) is 11.3 Å². The van der Waals surface area contributed by atoms with Crippen molar-refractivity contribution in [2.24, 2.45) is 0 Å². The Balaban J connectivity index is 1.70. The molecule has 1 fully saturated rings. The molecule has 1 atom stereocenters. The molecule has 5 heteroatoms. The highest BCUT2D eigenvalue weighted by Gasteiger charge is 2.19. The van der Waals surface area contributed by atoms with E-state index in [-0.39, 0.29) is 0 Å². The zero-order chi connectivity index (χ0) is 14.7.